The summed E-state index contributed by atoms with van der Waals surface area (Å²) in [6, 6.07) is 12.6. The largest absolute Gasteiger partial charge is 0.497 e. The maximum atomic E-state index is 12.5. The van der Waals surface area contributed by atoms with Crippen molar-refractivity contribution in [2.24, 2.45) is 0 Å². The van der Waals surface area contributed by atoms with E-state index in [2.05, 4.69) is 10.3 Å². The highest BCUT2D eigenvalue weighted by Crippen LogP contribution is 2.27. The Morgan fingerprint density at radius 2 is 1.96 bits per heavy atom. The molecule has 1 amide bonds. The lowest BCUT2D eigenvalue weighted by Gasteiger charge is -2.07. The molecule has 0 unspecified atom stereocenters. The van der Waals surface area contributed by atoms with E-state index < -0.39 is 0 Å². The molecular weight excluding hydrogens is 328 g/mol. The van der Waals surface area contributed by atoms with Gasteiger partial charge in [-0.2, -0.15) is 0 Å². The van der Waals surface area contributed by atoms with Crippen LogP contribution in [0.2, 0.25) is 5.02 Å². The number of oxazole rings is 1. The molecule has 0 saturated carbocycles. The van der Waals surface area contributed by atoms with E-state index in [1.165, 1.54) is 6.39 Å². The predicted molar refractivity (Wildman–Crippen MR) is 92.6 cm³/mol. The highest BCUT2D eigenvalue weighted by Gasteiger charge is 2.19. The van der Waals surface area contributed by atoms with Gasteiger partial charge in [0.2, 0.25) is 0 Å². The topological polar surface area (TPSA) is 64.4 Å². The Labute approximate surface area is 144 Å². The van der Waals surface area contributed by atoms with E-state index in [0.717, 1.165) is 16.9 Å². The molecule has 1 heterocycles. The molecule has 0 bridgehead atoms. The zero-order valence-electron chi connectivity index (χ0n) is 13.2. The average Bonchev–Trinajstić information content (AvgIpc) is 3.07. The number of hydrogen-bond acceptors (Lipinski definition) is 4. The molecule has 0 aliphatic rings. The first kappa shape index (κ1) is 16.1. The normalized spacial score (nSPS) is 10.5. The molecule has 1 aromatic heterocycles. The summed E-state index contributed by atoms with van der Waals surface area (Å²) < 4.78 is 10.5. The Bertz CT molecular complexity index is 872. The molecule has 24 heavy (non-hydrogen) atoms. The van der Waals surface area contributed by atoms with Crippen LogP contribution in [-0.2, 0) is 0 Å². The predicted octanol–water partition coefficient (Wildman–Crippen LogP) is 4.56. The first-order chi connectivity index (χ1) is 11.6. The third kappa shape index (κ3) is 3.26. The molecule has 3 rings (SSSR count). The van der Waals surface area contributed by atoms with Crippen molar-refractivity contribution < 1.29 is 13.9 Å². The molecule has 2 aromatic carbocycles. The van der Waals surface area contributed by atoms with Crippen molar-refractivity contribution in [1.82, 2.24) is 4.98 Å². The van der Waals surface area contributed by atoms with Crippen LogP contribution in [0.15, 0.2) is 53.3 Å². The zero-order valence-corrected chi connectivity index (χ0v) is 13.9. The third-order valence-corrected chi connectivity index (χ3v) is 3.82. The van der Waals surface area contributed by atoms with Crippen molar-refractivity contribution in [1.29, 1.82) is 0 Å². The number of amides is 1. The molecule has 0 spiro atoms. The molecule has 0 atom stereocenters. The van der Waals surface area contributed by atoms with E-state index in [0.29, 0.717) is 16.5 Å². The molecule has 0 fully saturated rings. The minimum atomic E-state index is -0.389. The second-order valence-corrected chi connectivity index (χ2v) is 5.60. The lowest BCUT2D eigenvalue weighted by molar-refractivity contribution is 0.102. The maximum absolute atomic E-state index is 12.5. The van der Waals surface area contributed by atoms with Crippen molar-refractivity contribution in [3.8, 4) is 17.1 Å². The van der Waals surface area contributed by atoms with Crippen molar-refractivity contribution in [3.05, 3.63) is 65.1 Å². The van der Waals surface area contributed by atoms with Crippen LogP contribution in [0, 0.1) is 6.92 Å². The summed E-state index contributed by atoms with van der Waals surface area (Å²) in [7, 11) is 1.59. The summed E-state index contributed by atoms with van der Waals surface area (Å²) in [5.41, 5.74) is 2.46. The van der Waals surface area contributed by atoms with E-state index in [1.54, 1.807) is 43.5 Å². The molecule has 1 N–H and O–H groups in total. The number of carbonyl (C=O) groups is 1. The third-order valence-electron chi connectivity index (χ3n) is 3.51. The van der Waals surface area contributed by atoms with Crippen molar-refractivity contribution in [3.63, 3.8) is 0 Å². The smallest absolute Gasteiger partial charge is 0.278 e. The highest BCUT2D eigenvalue weighted by atomic mass is 35.5. The fourth-order valence-corrected chi connectivity index (χ4v) is 2.54. The number of nitrogens with one attached hydrogen (secondary N) is 1. The standard InChI is InChI=1S/C18H15ClN2O3/c1-11-3-8-15(14(19)9-11)21-18(22)16-17(24-10-20-16)12-4-6-13(23-2)7-5-12/h3-10H,1-2H3,(H,21,22). The Hall–Kier alpha value is -2.79. The monoisotopic (exact) mass is 342 g/mol. The number of benzene rings is 2. The summed E-state index contributed by atoms with van der Waals surface area (Å²) >= 11 is 6.15. The van der Waals surface area contributed by atoms with Gasteiger partial charge in [-0.1, -0.05) is 17.7 Å². The number of aryl methyl sites for hydroxylation is 1. The van der Waals surface area contributed by atoms with Gasteiger partial charge in [0.05, 0.1) is 17.8 Å². The van der Waals surface area contributed by atoms with Gasteiger partial charge in [0, 0.05) is 5.56 Å². The molecule has 6 heteroatoms. The van der Waals surface area contributed by atoms with Gasteiger partial charge in [-0.05, 0) is 48.9 Å². The van der Waals surface area contributed by atoms with Gasteiger partial charge < -0.3 is 14.5 Å². The number of aromatic nitrogens is 1. The number of carbonyl (C=O) groups excluding carboxylic acids is 1. The van der Waals surface area contributed by atoms with Crippen LogP contribution in [-0.4, -0.2) is 18.0 Å². The van der Waals surface area contributed by atoms with Gasteiger partial charge >= 0.3 is 0 Å². The Morgan fingerprint density at radius 1 is 1.21 bits per heavy atom. The Balaban J connectivity index is 1.87. The lowest BCUT2D eigenvalue weighted by atomic mass is 10.1. The zero-order chi connectivity index (χ0) is 17.1. The van der Waals surface area contributed by atoms with Crippen LogP contribution in [0.4, 0.5) is 5.69 Å². The first-order valence-electron chi connectivity index (χ1n) is 7.24. The number of anilines is 1. The summed E-state index contributed by atoms with van der Waals surface area (Å²) in [5, 5.41) is 3.22. The highest BCUT2D eigenvalue weighted by molar-refractivity contribution is 6.34. The molecule has 122 valence electrons. The fourth-order valence-electron chi connectivity index (χ4n) is 2.26. The van der Waals surface area contributed by atoms with Crippen LogP contribution in [0.25, 0.3) is 11.3 Å². The van der Waals surface area contributed by atoms with E-state index in [9.17, 15) is 4.79 Å². The summed E-state index contributed by atoms with van der Waals surface area (Å²) in [4.78, 5) is 16.5. The Morgan fingerprint density at radius 3 is 2.62 bits per heavy atom. The molecule has 0 saturated heterocycles. The molecule has 0 aliphatic carbocycles. The second kappa shape index (κ2) is 6.76. The number of ether oxygens (including phenoxy) is 1. The number of halogens is 1. The average molecular weight is 343 g/mol. The van der Waals surface area contributed by atoms with Gasteiger partial charge in [0.15, 0.2) is 17.8 Å². The van der Waals surface area contributed by atoms with Crippen molar-refractivity contribution >= 4 is 23.2 Å². The maximum Gasteiger partial charge on any atom is 0.278 e. The van der Waals surface area contributed by atoms with Gasteiger partial charge in [-0.15, -0.1) is 0 Å². The van der Waals surface area contributed by atoms with Crippen LogP contribution >= 0.6 is 11.6 Å². The molecule has 5 nitrogen and oxygen atoms in total. The first-order valence-corrected chi connectivity index (χ1v) is 7.61. The van der Waals surface area contributed by atoms with Crippen LogP contribution in [0.5, 0.6) is 5.75 Å². The Kier molecular flexibility index (Phi) is 4.53. The van der Waals surface area contributed by atoms with Gasteiger partial charge in [-0.3, -0.25) is 4.79 Å². The fraction of sp³-hybridized carbons (Fsp3) is 0.111. The van der Waals surface area contributed by atoms with Gasteiger partial charge in [-0.25, -0.2) is 4.98 Å². The van der Waals surface area contributed by atoms with Crippen molar-refractivity contribution in [2.45, 2.75) is 6.92 Å². The van der Waals surface area contributed by atoms with Crippen LogP contribution in [0.3, 0.4) is 0 Å². The van der Waals surface area contributed by atoms with E-state index in [-0.39, 0.29) is 11.6 Å². The second-order valence-electron chi connectivity index (χ2n) is 5.20. The molecular formula is C18H15ClN2O3. The molecule has 3 aromatic rings. The van der Waals surface area contributed by atoms with E-state index in [1.807, 2.05) is 13.0 Å². The van der Waals surface area contributed by atoms with Crippen LogP contribution in [0.1, 0.15) is 16.1 Å². The minimum Gasteiger partial charge on any atom is -0.497 e. The number of nitrogens with zero attached hydrogens (tertiary/aromatic N) is 1. The summed E-state index contributed by atoms with van der Waals surface area (Å²) in [6.45, 7) is 1.93. The molecule has 0 aliphatic heterocycles. The summed E-state index contributed by atoms with van der Waals surface area (Å²) in [6.07, 6.45) is 1.24. The number of rotatable bonds is 4. The van der Waals surface area contributed by atoms with Gasteiger partial charge in [0.25, 0.3) is 5.91 Å². The quantitative estimate of drug-likeness (QED) is 0.754. The number of methoxy groups -OCH3 is 1. The van der Waals surface area contributed by atoms with E-state index in [4.69, 9.17) is 20.8 Å². The van der Waals surface area contributed by atoms with Crippen molar-refractivity contribution in [2.75, 3.05) is 12.4 Å². The van der Waals surface area contributed by atoms with Gasteiger partial charge in [0.1, 0.15) is 5.75 Å². The lowest BCUT2D eigenvalue weighted by Crippen LogP contribution is -2.13. The number of hydrogen-bond donors (Lipinski definition) is 1. The van der Waals surface area contributed by atoms with E-state index >= 15 is 0 Å². The van der Waals surface area contributed by atoms with Crippen LogP contribution < -0.4 is 10.1 Å². The molecule has 0 radical (unpaired) electrons. The SMILES string of the molecule is COc1ccc(-c2ocnc2C(=O)Nc2ccc(C)cc2Cl)cc1. The summed E-state index contributed by atoms with van der Waals surface area (Å²) in [5.74, 6) is 0.717. The minimum absolute atomic E-state index is 0.191.